The summed E-state index contributed by atoms with van der Waals surface area (Å²) in [6, 6.07) is 14.1. The molecule has 1 aliphatic heterocycles. The molecule has 2 aromatic carbocycles. The van der Waals surface area contributed by atoms with Gasteiger partial charge >= 0.3 is 0 Å². The molecule has 2 fully saturated rings. The quantitative estimate of drug-likeness (QED) is 0.832. The van der Waals surface area contributed by atoms with E-state index in [9.17, 15) is 4.79 Å². The fourth-order valence-corrected chi connectivity index (χ4v) is 4.57. The van der Waals surface area contributed by atoms with E-state index in [-0.39, 0.29) is 18.1 Å². The van der Waals surface area contributed by atoms with E-state index in [0.717, 1.165) is 50.3 Å². The molecule has 1 amide bonds. The number of fused-ring (bicyclic) bond motifs is 1. The van der Waals surface area contributed by atoms with Crippen molar-refractivity contribution in [2.45, 2.75) is 37.6 Å². The first-order valence-electron chi connectivity index (χ1n) is 10.5. The third-order valence-electron chi connectivity index (χ3n) is 6.17. The number of ether oxygens (including phenoxy) is 2. The molecule has 2 aliphatic rings. The van der Waals surface area contributed by atoms with Crippen LogP contribution in [0.4, 0.5) is 0 Å². The van der Waals surface area contributed by atoms with Crippen molar-refractivity contribution in [2.24, 2.45) is 0 Å². The largest absolute Gasteiger partial charge is 0.484 e. The Labute approximate surface area is 167 Å². The number of hydrogen-bond acceptors (Lipinski definition) is 4. The average molecular weight is 383 g/mol. The van der Waals surface area contributed by atoms with Crippen molar-refractivity contribution in [2.75, 3.05) is 39.5 Å². The highest BCUT2D eigenvalue weighted by Gasteiger charge is 2.38. The standard InChI is InChI=1S/C23H30N2O3/c26-22(17-28-21-9-8-19-6-2-3-7-20(19)16-21)24-18-23(10-4-1-5-11-23)25-12-14-27-15-13-25/h2-3,6-9,16H,1,4-5,10-15,17-18H2,(H,24,26). The Balaban J connectivity index is 1.32. The van der Waals surface area contributed by atoms with E-state index < -0.39 is 0 Å². The van der Waals surface area contributed by atoms with Gasteiger partial charge in [0.2, 0.25) is 0 Å². The van der Waals surface area contributed by atoms with E-state index in [2.05, 4.69) is 22.3 Å². The van der Waals surface area contributed by atoms with Crippen LogP contribution in [0.15, 0.2) is 42.5 Å². The van der Waals surface area contributed by atoms with Gasteiger partial charge in [-0.15, -0.1) is 0 Å². The highest BCUT2D eigenvalue weighted by atomic mass is 16.5. The molecule has 1 aliphatic carbocycles. The highest BCUT2D eigenvalue weighted by Crippen LogP contribution is 2.33. The van der Waals surface area contributed by atoms with Crippen LogP contribution < -0.4 is 10.1 Å². The number of rotatable bonds is 6. The zero-order valence-corrected chi connectivity index (χ0v) is 16.5. The minimum atomic E-state index is -0.0497. The molecule has 0 radical (unpaired) electrons. The lowest BCUT2D eigenvalue weighted by molar-refractivity contribution is -0.124. The summed E-state index contributed by atoms with van der Waals surface area (Å²) < 4.78 is 11.3. The van der Waals surface area contributed by atoms with Crippen LogP contribution in [0.3, 0.4) is 0 Å². The lowest BCUT2D eigenvalue weighted by Crippen LogP contribution is -2.60. The molecule has 150 valence electrons. The summed E-state index contributed by atoms with van der Waals surface area (Å²) in [5.41, 5.74) is 0.0840. The molecule has 4 rings (SSSR count). The van der Waals surface area contributed by atoms with Crippen LogP contribution in [0.5, 0.6) is 5.75 Å². The van der Waals surface area contributed by atoms with Gasteiger partial charge in [-0.2, -0.15) is 0 Å². The van der Waals surface area contributed by atoms with E-state index >= 15 is 0 Å². The Morgan fingerprint density at radius 3 is 2.57 bits per heavy atom. The maximum atomic E-state index is 12.5. The van der Waals surface area contributed by atoms with Crippen LogP contribution >= 0.6 is 0 Å². The third kappa shape index (κ3) is 4.47. The Morgan fingerprint density at radius 1 is 1.04 bits per heavy atom. The van der Waals surface area contributed by atoms with Gasteiger partial charge in [0.05, 0.1) is 13.2 Å². The van der Waals surface area contributed by atoms with E-state index in [1.807, 2.05) is 30.3 Å². The molecule has 5 nitrogen and oxygen atoms in total. The van der Waals surface area contributed by atoms with Crippen molar-refractivity contribution in [3.63, 3.8) is 0 Å². The van der Waals surface area contributed by atoms with Crippen LogP contribution in [0.1, 0.15) is 32.1 Å². The van der Waals surface area contributed by atoms with Crippen LogP contribution in [0.25, 0.3) is 10.8 Å². The van der Waals surface area contributed by atoms with Gasteiger partial charge in [0.1, 0.15) is 5.75 Å². The van der Waals surface area contributed by atoms with E-state index in [1.54, 1.807) is 0 Å². The average Bonchev–Trinajstić information content (AvgIpc) is 2.77. The molecule has 1 saturated heterocycles. The molecule has 1 heterocycles. The van der Waals surface area contributed by atoms with E-state index in [0.29, 0.717) is 6.54 Å². The molecular weight excluding hydrogens is 352 g/mol. The van der Waals surface area contributed by atoms with Crippen LogP contribution in [-0.4, -0.2) is 55.8 Å². The van der Waals surface area contributed by atoms with E-state index in [1.165, 1.54) is 24.6 Å². The predicted octanol–water partition coefficient (Wildman–Crippen LogP) is 3.37. The van der Waals surface area contributed by atoms with Gasteiger partial charge in [-0.05, 0) is 35.7 Å². The zero-order valence-electron chi connectivity index (χ0n) is 16.5. The minimum Gasteiger partial charge on any atom is -0.484 e. The summed E-state index contributed by atoms with van der Waals surface area (Å²) in [6.45, 7) is 4.26. The molecule has 0 aromatic heterocycles. The monoisotopic (exact) mass is 382 g/mol. The minimum absolute atomic E-state index is 0.0497. The lowest BCUT2D eigenvalue weighted by atomic mass is 9.79. The van der Waals surface area contributed by atoms with Crippen molar-refractivity contribution in [3.05, 3.63) is 42.5 Å². The van der Waals surface area contributed by atoms with Gasteiger partial charge in [0, 0.05) is 25.2 Å². The second kappa shape index (κ2) is 8.93. The Morgan fingerprint density at radius 2 is 1.79 bits per heavy atom. The molecule has 1 saturated carbocycles. The van der Waals surface area contributed by atoms with Gasteiger partial charge in [-0.3, -0.25) is 9.69 Å². The number of nitrogens with zero attached hydrogens (tertiary/aromatic N) is 1. The second-order valence-corrected chi connectivity index (χ2v) is 7.96. The van der Waals surface area contributed by atoms with Crippen molar-refractivity contribution in [1.29, 1.82) is 0 Å². The summed E-state index contributed by atoms with van der Waals surface area (Å²) >= 11 is 0. The molecule has 0 bridgehead atoms. The molecular formula is C23H30N2O3. The molecule has 5 heteroatoms. The normalized spacial score (nSPS) is 20.0. The fraction of sp³-hybridized carbons (Fsp3) is 0.522. The van der Waals surface area contributed by atoms with Crippen LogP contribution in [-0.2, 0) is 9.53 Å². The number of carbonyl (C=O) groups is 1. The number of nitrogens with one attached hydrogen (secondary N) is 1. The summed E-state index contributed by atoms with van der Waals surface area (Å²) in [4.78, 5) is 15.0. The maximum Gasteiger partial charge on any atom is 0.258 e. The summed E-state index contributed by atoms with van der Waals surface area (Å²) in [5, 5.41) is 5.44. The topological polar surface area (TPSA) is 50.8 Å². The van der Waals surface area contributed by atoms with E-state index in [4.69, 9.17) is 9.47 Å². The van der Waals surface area contributed by atoms with Gasteiger partial charge < -0.3 is 14.8 Å². The first-order chi connectivity index (χ1) is 13.8. The van der Waals surface area contributed by atoms with Gasteiger partial charge in [0.15, 0.2) is 6.61 Å². The van der Waals surface area contributed by atoms with Gasteiger partial charge in [-0.1, -0.05) is 49.6 Å². The molecule has 28 heavy (non-hydrogen) atoms. The molecule has 1 N–H and O–H groups in total. The number of benzene rings is 2. The predicted molar refractivity (Wildman–Crippen MR) is 111 cm³/mol. The molecule has 0 unspecified atom stereocenters. The Bertz CT molecular complexity index is 795. The zero-order chi connectivity index (χ0) is 19.2. The Kier molecular flexibility index (Phi) is 6.13. The first-order valence-corrected chi connectivity index (χ1v) is 10.5. The van der Waals surface area contributed by atoms with Crippen molar-refractivity contribution in [1.82, 2.24) is 10.2 Å². The van der Waals surface area contributed by atoms with Crippen LogP contribution in [0.2, 0.25) is 0 Å². The third-order valence-corrected chi connectivity index (χ3v) is 6.17. The molecule has 0 atom stereocenters. The van der Waals surface area contributed by atoms with Crippen molar-refractivity contribution in [3.8, 4) is 5.75 Å². The smallest absolute Gasteiger partial charge is 0.258 e. The summed E-state index contributed by atoms with van der Waals surface area (Å²) in [7, 11) is 0. The van der Waals surface area contributed by atoms with Crippen molar-refractivity contribution < 1.29 is 14.3 Å². The fourth-order valence-electron chi connectivity index (χ4n) is 4.57. The number of carbonyl (C=O) groups excluding carboxylic acids is 1. The van der Waals surface area contributed by atoms with Crippen LogP contribution in [0, 0.1) is 0 Å². The Hall–Kier alpha value is -2.11. The number of hydrogen-bond donors (Lipinski definition) is 1. The van der Waals surface area contributed by atoms with Gasteiger partial charge in [0.25, 0.3) is 5.91 Å². The molecule has 2 aromatic rings. The summed E-state index contributed by atoms with van der Waals surface area (Å²) in [5.74, 6) is 0.681. The lowest BCUT2D eigenvalue weighted by Gasteiger charge is -2.48. The maximum absolute atomic E-state index is 12.5. The number of morpholine rings is 1. The molecule has 0 spiro atoms. The highest BCUT2D eigenvalue weighted by molar-refractivity contribution is 5.84. The summed E-state index contributed by atoms with van der Waals surface area (Å²) in [6.07, 6.45) is 6.07. The first kappa shape index (κ1) is 19.2. The van der Waals surface area contributed by atoms with Gasteiger partial charge in [-0.25, -0.2) is 0 Å². The number of amides is 1. The SMILES string of the molecule is O=C(COc1ccc2ccccc2c1)NCC1(N2CCOCC2)CCCCC1. The van der Waals surface area contributed by atoms with Crippen molar-refractivity contribution >= 4 is 16.7 Å². The second-order valence-electron chi connectivity index (χ2n) is 7.96.